The van der Waals surface area contributed by atoms with Crippen LogP contribution in [0, 0.1) is 0 Å². The molecule has 98 valence electrons. The van der Waals surface area contributed by atoms with Gasteiger partial charge in [-0.2, -0.15) is 0 Å². The van der Waals surface area contributed by atoms with Crippen LogP contribution in [0.1, 0.15) is 23.6 Å². The summed E-state index contributed by atoms with van der Waals surface area (Å²) in [6, 6.07) is 4.90. The molecule has 2 unspecified atom stereocenters. The van der Waals surface area contributed by atoms with Crippen molar-refractivity contribution in [3.63, 3.8) is 0 Å². The van der Waals surface area contributed by atoms with E-state index in [-0.39, 0.29) is 18.6 Å². The number of anilines is 1. The van der Waals surface area contributed by atoms with E-state index in [1.54, 1.807) is 11.9 Å². The minimum absolute atomic E-state index is 0.131. The van der Waals surface area contributed by atoms with E-state index in [4.69, 9.17) is 16.6 Å². The standard InChI is InChI=1S/C13H19N3O2/c1-16-11-4-2-9(13(15)10(14)7-17)6-8(11)3-5-12(16)18/h2,4,6,10,13,17H,3,5,7,14-15H2,1H3. The van der Waals surface area contributed by atoms with Gasteiger partial charge in [-0.3, -0.25) is 4.79 Å². The topological polar surface area (TPSA) is 92.6 Å². The molecule has 1 heterocycles. The Bertz CT molecular complexity index is 462. The molecule has 1 aromatic rings. The third-order valence-corrected chi connectivity index (χ3v) is 3.50. The highest BCUT2D eigenvalue weighted by molar-refractivity contribution is 5.95. The minimum atomic E-state index is -0.467. The summed E-state index contributed by atoms with van der Waals surface area (Å²) < 4.78 is 0. The molecule has 0 bridgehead atoms. The van der Waals surface area contributed by atoms with E-state index in [2.05, 4.69) is 0 Å². The highest BCUT2D eigenvalue weighted by Gasteiger charge is 2.22. The number of benzene rings is 1. The third-order valence-electron chi connectivity index (χ3n) is 3.50. The van der Waals surface area contributed by atoms with Gasteiger partial charge in [0.15, 0.2) is 0 Å². The number of nitrogens with two attached hydrogens (primary N) is 2. The Morgan fingerprint density at radius 2 is 2.11 bits per heavy atom. The smallest absolute Gasteiger partial charge is 0.227 e. The molecule has 0 aromatic heterocycles. The van der Waals surface area contributed by atoms with Gasteiger partial charge in [0.25, 0.3) is 0 Å². The fraction of sp³-hybridized carbons (Fsp3) is 0.462. The normalized spacial score (nSPS) is 18.4. The summed E-state index contributed by atoms with van der Waals surface area (Å²) in [6.45, 7) is -0.142. The van der Waals surface area contributed by atoms with Crippen molar-refractivity contribution in [3.05, 3.63) is 29.3 Å². The maximum Gasteiger partial charge on any atom is 0.227 e. The van der Waals surface area contributed by atoms with E-state index in [1.165, 1.54) is 0 Å². The molecule has 0 fully saturated rings. The average Bonchev–Trinajstić information content (AvgIpc) is 2.41. The summed E-state index contributed by atoms with van der Waals surface area (Å²) in [4.78, 5) is 13.2. The van der Waals surface area contributed by atoms with Crippen LogP contribution >= 0.6 is 0 Å². The number of nitrogens with zero attached hydrogens (tertiary/aromatic N) is 1. The zero-order valence-electron chi connectivity index (χ0n) is 10.5. The van der Waals surface area contributed by atoms with Crippen LogP contribution in [0.4, 0.5) is 5.69 Å². The predicted octanol–water partition coefficient (Wildman–Crippen LogP) is -0.0850. The molecule has 2 rings (SSSR count). The van der Waals surface area contributed by atoms with Gasteiger partial charge >= 0.3 is 0 Å². The van der Waals surface area contributed by atoms with Crippen molar-refractivity contribution in [2.75, 3.05) is 18.6 Å². The molecule has 0 saturated heterocycles. The van der Waals surface area contributed by atoms with E-state index in [9.17, 15) is 4.79 Å². The number of carbonyl (C=O) groups is 1. The van der Waals surface area contributed by atoms with E-state index < -0.39 is 6.04 Å². The molecule has 0 aliphatic carbocycles. The summed E-state index contributed by atoms with van der Waals surface area (Å²) in [5.41, 5.74) is 14.7. The fourth-order valence-corrected chi connectivity index (χ4v) is 2.24. The number of rotatable bonds is 3. The molecule has 0 spiro atoms. The molecule has 1 aliphatic rings. The second-order valence-electron chi connectivity index (χ2n) is 4.71. The zero-order chi connectivity index (χ0) is 13.3. The first kappa shape index (κ1) is 13.0. The summed E-state index contributed by atoms with van der Waals surface area (Å²) in [5.74, 6) is 0.131. The van der Waals surface area contributed by atoms with E-state index in [0.717, 1.165) is 23.2 Å². The molecule has 5 nitrogen and oxygen atoms in total. The van der Waals surface area contributed by atoms with Crippen LogP contribution in [0.5, 0.6) is 0 Å². The van der Waals surface area contributed by atoms with Crippen LogP contribution in [0.25, 0.3) is 0 Å². The van der Waals surface area contributed by atoms with Crippen LogP contribution in [0.3, 0.4) is 0 Å². The lowest BCUT2D eigenvalue weighted by Gasteiger charge is -2.27. The molecule has 5 N–H and O–H groups in total. The first-order valence-electron chi connectivity index (χ1n) is 6.06. The number of aryl methyl sites for hydroxylation is 1. The van der Waals surface area contributed by atoms with E-state index in [0.29, 0.717) is 6.42 Å². The Hall–Kier alpha value is -1.43. The molecule has 1 aromatic carbocycles. The predicted molar refractivity (Wildman–Crippen MR) is 70.2 cm³/mol. The van der Waals surface area contributed by atoms with Gasteiger partial charge in [-0.25, -0.2) is 0 Å². The summed E-state index contributed by atoms with van der Waals surface area (Å²) >= 11 is 0. The molecule has 18 heavy (non-hydrogen) atoms. The van der Waals surface area contributed by atoms with Crippen LogP contribution in [0.2, 0.25) is 0 Å². The van der Waals surface area contributed by atoms with Crippen molar-refractivity contribution in [1.82, 2.24) is 0 Å². The van der Waals surface area contributed by atoms with Gasteiger partial charge in [0, 0.05) is 31.2 Å². The number of hydrogen-bond donors (Lipinski definition) is 3. The Morgan fingerprint density at radius 3 is 2.78 bits per heavy atom. The second kappa shape index (κ2) is 5.06. The Balaban J connectivity index is 2.31. The Morgan fingerprint density at radius 1 is 1.39 bits per heavy atom. The molecule has 1 aliphatic heterocycles. The van der Waals surface area contributed by atoms with E-state index in [1.807, 2.05) is 18.2 Å². The number of hydrogen-bond acceptors (Lipinski definition) is 4. The van der Waals surface area contributed by atoms with Crippen LogP contribution < -0.4 is 16.4 Å². The van der Waals surface area contributed by atoms with Gasteiger partial charge in [-0.05, 0) is 23.6 Å². The quantitative estimate of drug-likeness (QED) is 0.698. The number of aliphatic hydroxyl groups excluding tert-OH is 1. The number of aliphatic hydroxyl groups is 1. The van der Waals surface area contributed by atoms with Crippen LogP contribution in [-0.2, 0) is 11.2 Å². The number of carbonyl (C=O) groups excluding carboxylic acids is 1. The highest BCUT2D eigenvalue weighted by Crippen LogP contribution is 2.29. The monoisotopic (exact) mass is 249 g/mol. The first-order chi connectivity index (χ1) is 8.54. The third kappa shape index (κ3) is 2.25. The van der Waals surface area contributed by atoms with Gasteiger partial charge in [-0.15, -0.1) is 0 Å². The van der Waals surface area contributed by atoms with Crippen molar-refractivity contribution in [3.8, 4) is 0 Å². The Kier molecular flexibility index (Phi) is 3.65. The maximum absolute atomic E-state index is 11.6. The van der Waals surface area contributed by atoms with Gasteiger partial charge < -0.3 is 21.5 Å². The molecule has 0 radical (unpaired) electrons. The van der Waals surface area contributed by atoms with Gasteiger partial charge in [0.1, 0.15) is 0 Å². The van der Waals surface area contributed by atoms with E-state index >= 15 is 0 Å². The van der Waals surface area contributed by atoms with Gasteiger partial charge in [0.05, 0.1) is 6.61 Å². The van der Waals surface area contributed by atoms with Crippen molar-refractivity contribution in [1.29, 1.82) is 0 Å². The summed E-state index contributed by atoms with van der Waals surface area (Å²) in [5, 5.41) is 9.02. The second-order valence-corrected chi connectivity index (χ2v) is 4.71. The fourth-order valence-electron chi connectivity index (χ4n) is 2.24. The molecular weight excluding hydrogens is 230 g/mol. The number of fused-ring (bicyclic) bond motifs is 1. The SMILES string of the molecule is CN1C(=O)CCc2cc(C(N)C(N)CO)ccc21. The van der Waals surface area contributed by atoms with Crippen molar-refractivity contribution in [2.45, 2.75) is 24.9 Å². The Labute approximate surface area is 106 Å². The average molecular weight is 249 g/mol. The molecule has 5 heteroatoms. The molecule has 2 atom stereocenters. The van der Waals surface area contributed by atoms with Gasteiger partial charge in [-0.1, -0.05) is 12.1 Å². The largest absolute Gasteiger partial charge is 0.395 e. The first-order valence-corrected chi connectivity index (χ1v) is 6.06. The van der Waals surface area contributed by atoms with Crippen molar-refractivity contribution < 1.29 is 9.90 Å². The van der Waals surface area contributed by atoms with Crippen molar-refractivity contribution >= 4 is 11.6 Å². The number of amides is 1. The lowest BCUT2D eigenvalue weighted by molar-refractivity contribution is -0.118. The van der Waals surface area contributed by atoms with Crippen LogP contribution in [0.15, 0.2) is 18.2 Å². The molecular formula is C13H19N3O2. The molecule has 0 saturated carbocycles. The lowest BCUT2D eigenvalue weighted by Crippen LogP contribution is -2.37. The maximum atomic E-state index is 11.6. The summed E-state index contributed by atoms with van der Waals surface area (Å²) in [6.07, 6.45) is 1.25. The summed E-state index contributed by atoms with van der Waals surface area (Å²) in [7, 11) is 1.78. The minimum Gasteiger partial charge on any atom is -0.395 e. The zero-order valence-corrected chi connectivity index (χ0v) is 10.5. The highest BCUT2D eigenvalue weighted by atomic mass is 16.3. The van der Waals surface area contributed by atoms with Gasteiger partial charge in [0.2, 0.25) is 5.91 Å². The van der Waals surface area contributed by atoms with Crippen molar-refractivity contribution in [2.24, 2.45) is 11.5 Å². The molecule has 1 amide bonds. The lowest BCUT2D eigenvalue weighted by atomic mass is 9.94. The van der Waals surface area contributed by atoms with Crippen LogP contribution in [-0.4, -0.2) is 30.7 Å².